The van der Waals surface area contributed by atoms with E-state index in [9.17, 15) is 4.79 Å². The van der Waals surface area contributed by atoms with E-state index in [2.05, 4.69) is 32.6 Å². The monoisotopic (exact) mass is 283 g/mol. The first kappa shape index (κ1) is 17.5. The smallest absolute Gasteiger partial charge is 0.307 e. The van der Waals surface area contributed by atoms with Gasteiger partial charge in [0.15, 0.2) is 0 Å². The molecule has 2 unspecified atom stereocenters. The minimum absolute atomic E-state index is 0.0160. The standard InChI is InChI=1S/C17H33NO2/c1-6-18(7-2)17(13-16(19)20-8-3)12-10-9-11-15(17)14(4)5/h14-15H,6-13H2,1-5H3. The largest absolute Gasteiger partial charge is 0.466 e. The van der Waals surface area contributed by atoms with Crippen molar-refractivity contribution >= 4 is 5.97 Å². The van der Waals surface area contributed by atoms with Gasteiger partial charge in [-0.1, -0.05) is 40.5 Å². The second-order valence-corrected chi connectivity index (χ2v) is 6.35. The normalized spacial score (nSPS) is 27.1. The van der Waals surface area contributed by atoms with Crippen LogP contribution < -0.4 is 0 Å². The minimum atomic E-state index is -0.0213. The Hall–Kier alpha value is -0.570. The van der Waals surface area contributed by atoms with Gasteiger partial charge in [-0.3, -0.25) is 9.69 Å². The van der Waals surface area contributed by atoms with Gasteiger partial charge in [-0.05, 0) is 44.7 Å². The van der Waals surface area contributed by atoms with Gasteiger partial charge in [0.2, 0.25) is 0 Å². The molecule has 0 spiro atoms. The lowest BCUT2D eigenvalue weighted by molar-refractivity contribution is -0.150. The fourth-order valence-corrected chi connectivity index (χ4v) is 4.24. The van der Waals surface area contributed by atoms with Crippen molar-refractivity contribution < 1.29 is 9.53 Å². The molecule has 0 aromatic heterocycles. The van der Waals surface area contributed by atoms with E-state index in [0.717, 1.165) is 19.5 Å². The summed E-state index contributed by atoms with van der Waals surface area (Å²) in [5, 5.41) is 0. The summed E-state index contributed by atoms with van der Waals surface area (Å²) in [7, 11) is 0. The Morgan fingerprint density at radius 2 is 1.90 bits per heavy atom. The molecule has 0 heterocycles. The van der Waals surface area contributed by atoms with Crippen LogP contribution in [0.15, 0.2) is 0 Å². The van der Waals surface area contributed by atoms with E-state index in [4.69, 9.17) is 4.74 Å². The molecule has 2 atom stereocenters. The van der Waals surface area contributed by atoms with Crippen molar-refractivity contribution in [3.05, 3.63) is 0 Å². The average molecular weight is 283 g/mol. The van der Waals surface area contributed by atoms with E-state index in [0.29, 0.717) is 24.9 Å². The molecular weight excluding hydrogens is 250 g/mol. The van der Waals surface area contributed by atoms with Gasteiger partial charge in [-0.2, -0.15) is 0 Å². The molecule has 0 bridgehead atoms. The van der Waals surface area contributed by atoms with Crippen molar-refractivity contribution in [3.8, 4) is 0 Å². The summed E-state index contributed by atoms with van der Waals surface area (Å²) >= 11 is 0. The molecule has 118 valence electrons. The molecule has 0 N–H and O–H groups in total. The van der Waals surface area contributed by atoms with Crippen molar-refractivity contribution in [2.75, 3.05) is 19.7 Å². The molecule has 0 saturated heterocycles. The maximum absolute atomic E-state index is 12.2. The van der Waals surface area contributed by atoms with Crippen molar-refractivity contribution in [1.29, 1.82) is 0 Å². The van der Waals surface area contributed by atoms with E-state index in [1.54, 1.807) is 0 Å². The fraction of sp³-hybridized carbons (Fsp3) is 0.941. The van der Waals surface area contributed by atoms with Gasteiger partial charge in [-0.25, -0.2) is 0 Å². The Bertz CT molecular complexity index is 299. The predicted molar refractivity (Wildman–Crippen MR) is 83.7 cm³/mol. The molecule has 3 heteroatoms. The number of esters is 1. The first-order chi connectivity index (χ1) is 9.51. The van der Waals surface area contributed by atoms with Gasteiger partial charge in [0.25, 0.3) is 0 Å². The molecule has 1 aliphatic rings. The van der Waals surface area contributed by atoms with Crippen LogP contribution in [0.25, 0.3) is 0 Å². The fourth-order valence-electron chi connectivity index (χ4n) is 4.24. The average Bonchev–Trinajstić information content (AvgIpc) is 2.40. The van der Waals surface area contributed by atoms with Crippen LogP contribution in [-0.4, -0.2) is 36.1 Å². The van der Waals surface area contributed by atoms with Crippen LogP contribution in [0.2, 0.25) is 0 Å². The van der Waals surface area contributed by atoms with E-state index < -0.39 is 0 Å². The van der Waals surface area contributed by atoms with Gasteiger partial charge in [0.1, 0.15) is 0 Å². The summed E-state index contributed by atoms with van der Waals surface area (Å²) in [5.74, 6) is 1.19. The number of carbonyl (C=O) groups is 1. The van der Waals surface area contributed by atoms with Gasteiger partial charge < -0.3 is 4.74 Å². The lowest BCUT2D eigenvalue weighted by atomic mass is 9.65. The summed E-state index contributed by atoms with van der Waals surface area (Å²) in [5.41, 5.74) is 0.0160. The zero-order valence-corrected chi connectivity index (χ0v) is 14.1. The first-order valence-corrected chi connectivity index (χ1v) is 8.42. The van der Waals surface area contributed by atoms with Crippen LogP contribution in [-0.2, 0) is 9.53 Å². The van der Waals surface area contributed by atoms with Gasteiger partial charge >= 0.3 is 5.97 Å². The van der Waals surface area contributed by atoms with E-state index >= 15 is 0 Å². The zero-order chi connectivity index (χ0) is 15.2. The van der Waals surface area contributed by atoms with Crippen molar-refractivity contribution in [2.24, 2.45) is 11.8 Å². The highest BCUT2D eigenvalue weighted by Gasteiger charge is 2.47. The highest BCUT2D eigenvalue weighted by atomic mass is 16.5. The Morgan fingerprint density at radius 1 is 1.25 bits per heavy atom. The van der Waals surface area contributed by atoms with Gasteiger partial charge in [0, 0.05) is 5.54 Å². The summed E-state index contributed by atoms with van der Waals surface area (Å²) in [6, 6.07) is 0. The van der Waals surface area contributed by atoms with Crippen molar-refractivity contribution in [2.45, 2.75) is 72.3 Å². The Labute approximate surface area is 125 Å². The zero-order valence-electron chi connectivity index (χ0n) is 14.1. The van der Waals surface area contributed by atoms with Crippen LogP contribution in [0, 0.1) is 11.8 Å². The Balaban J connectivity index is 3.05. The number of nitrogens with zero attached hydrogens (tertiary/aromatic N) is 1. The molecule has 0 aromatic carbocycles. The molecule has 1 rings (SSSR count). The van der Waals surface area contributed by atoms with Crippen LogP contribution in [0.3, 0.4) is 0 Å². The Kier molecular flexibility index (Phi) is 7.01. The molecule has 0 radical (unpaired) electrons. The van der Waals surface area contributed by atoms with Crippen molar-refractivity contribution in [1.82, 2.24) is 4.90 Å². The molecule has 1 saturated carbocycles. The van der Waals surface area contributed by atoms with Crippen LogP contribution in [0.1, 0.15) is 66.7 Å². The summed E-state index contributed by atoms with van der Waals surface area (Å²) < 4.78 is 5.27. The topological polar surface area (TPSA) is 29.5 Å². The lowest BCUT2D eigenvalue weighted by Crippen LogP contribution is -2.58. The summed E-state index contributed by atoms with van der Waals surface area (Å²) in [6.45, 7) is 13.4. The number of rotatable bonds is 7. The number of hydrogen-bond donors (Lipinski definition) is 0. The first-order valence-electron chi connectivity index (χ1n) is 8.42. The van der Waals surface area contributed by atoms with Crippen molar-refractivity contribution in [3.63, 3.8) is 0 Å². The number of ether oxygens (including phenoxy) is 1. The van der Waals surface area contributed by atoms with E-state index in [1.165, 1.54) is 19.3 Å². The third kappa shape index (κ3) is 3.75. The quantitative estimate of drug-likeness (QED) is 0.664. The summed E-state index contributed by atoms with van der Waals surface area (Å²) in [6.07, 6.45) is 5.48. The molecule has 0 aromatic rings. The van der Waals surface area contributed by atoms with Gasteiger partial charge in [0.05, 0.1) is 13.0 Å². The summed E-state index contributed by atoms with van der Waals surface area (Å²) in [4.78, 5) is 14.7. The van der Waals surface area contributed by atoms with E-state index in [1.807, 2.05) is 6.92 Å². The molecule has 20 heavy (non-hydrogen) atoms. The highest BCUT2D eigenvalue weighted by molar-refractivity contribution is 5.71. The number of hydrogen-bond acceptors (Lipinski definition) is 3. The third-order valence-electron chi connectivity index (χ3n) is 5.02. The van der Waals surface area contributed by atoms with E-state index in [-0.39, 0.29) is 11.5 Å². The third-order valence-corrected chi connectivity index (χ3v) is 5.02. The molecule has 0 amide bonds. The molecule has 0 aliphatic heterocycles. The second-order valence-electron chi connectivity index (χ2n) is 6.35. The molecular formula is C17H33NO2. The maximum Gasteiger partial charge on any atom is 0.307 e. The van der Waals surface area contributed by atoms with Crippen LogP contribution >= 0.6 is 0 Å². The molecule has 1 aliphatic carbocycles. The molecule has 1 fully saturated rings. The Morgan fingerprint density at radius 3 is 2.40 bits per heavy atom. The molecule has 3 nitrogen and oxygen atoms in total. The second kappa shape index (κ2) is 8.02. The minimum Gasteiger partial charge on any atom is -0.466 e. The highest BCUT2D eigenvalue weighted by Crippen LogP contribution is 2.44. The maximum atomic E-state index is 12.2. The van der Waals surface area contributed by atoms with Gasteiger partial charge in [-0.15, -0.1) is 0 Å². The lowest BCUT2D eigenvalue weighted by Gasteiger charge is -2.52. The van der Waals surface area contributed by atoms with Crippen LogP contribution in [0.5, 0.6) is 0 Å². The predicted octanol–water partition coefficient (Wildman–Crippen LogP) is 3.87. The SMILES string of the molecule is CCOC(=O)CC1(N(CC)CC)CCCCC1C(C)C. The number of carbonyl (C=O) groups excluding carboxylic acids is 1. The van der Waals surface area contributed by atoms with Crippen LogP contribution in [0.4, 0.5) is 0 Å².